The number of hydrogen-bond donors (Lipinski definition) is 2. The normalized spacial score (nSPS) is 12.7. The smallest absolute Gasteiger partial charge is 0.341 e. The Labute approximate surface area is 181 Å². The van der Waals surface area contributed by atoms with Gasteiger partial charge >= 0.3 is 5.97 Å². The van der Waals surface area contributed by atoms with E-state index in [4.69, 9.17) is 4.74 Å². The third kappa shape index (κ3) is 4.47. The van der Waals surface area contributed by atoms with Gasteiger partial charge in [-0.2, -0.15) is 0 Å². The number of fused-ring (bicyclic) bond motifs is 1. The van der Waals surface area contributed by atoms with Crippen molar-refractivity contribution in [2.75, 3.05) is 19.4 Å². The minimum Gasteiger partial charge on any atom is -0.449 e. The number of nitrogens with one attached hydrogen (secondary N) is 2. The maximum atomic E-state index is 12.7. The van der Waals surface area contributed by atoms with E-state index in [1.165, 1.54) is 33.2 Å². The van der Waals surface area contributed by atoms with E-state index in [2.05, 4.69) is 10.3 Å². The Morgan fingerprint density at radius 2 is 1.77 bits per heavy atom. The predicted molar refractivity (Wildman–Crippen MR) is 119 cm³/mol. The van der Waals surface area contributed by atoms with E-state index < -0.39 is 28.0 Å². The molecule has 2 N–H and O–H groups in total. The lowest BCUT2D eigenvalue weighted by molar-refractivity contribution is -0.123. The molecule has 0 fully saturated rings. The van der Waals surface area contributed by atoms with Crippen molar-refractivity contribution >= 4 is 38.5 Å². The summed E-state index contributed by atoms with van der Waals surface area (Å²) >= 11 is 0. The number of aromatic amines is 1. The molecule has 0 spiro atoms. The second kappa shape index (κ2) is 8.52. The van der Waals surface area contributed by atoms with Gasteiger partial charge in [0, 0.05) is 36.4 Å². The molecule has 1 amide bonds. The molecule has 1 atom stereocenters. The largest absolute Gasteiger partial charge is 0.449 e. The van der Waals surface area contributed by atoms with Crippen molar-refractivity contribution in [1.29, 1.82) is 0 Å². The number of rotatable bonds is 6. The number of benzene rings is 2. The molecule has 0 unspecified atom stereocenters. The third-order valence-electron chi connectivity index (χ3n) is 5.00. The number of esters is 1. The van der Waals surface area contributed by atoms with Crippen molar-refractivity contribution in [1.82, 2.24) is 9.29 Å². The van der Waals surface area contributed by atoms with Gasteiger partial charge in [0.15, 0.2) is 6.10 Å². The molecule has 1 aromatic heterocycles. The fraction of sp³-hybridized carbons (Fsp3) is 0.273. The van der Waals surface area contributed by atoms with Crippen LogP contribution in [0.3, 0.4) is 0 Å². The monoisotopic (exact) mass is 443 g/mol. The standard InChI is InChI=1S/C22H25N3O5S/c1-13-10-11-16(31(28,29)25(4)5)12-19(13)24-21(26)15(3)30-22(27)20-14(2)23-18-9-7-6-8-17(18)20/h6-12,15,23H,1-5H3,(H,24,26)/t15-/m1/s1. The molecule has 0 saturated heterocycles. The molecule has 3 aromatic rings. The van der Waals surface area contributed by atoms with Crippen LogP contribution in [0.25, 0.3) is 10.9 Å². The molecule has 3 rings (SSSR count). The first-order valence-electron chi connectivity index (χ1n) is 9.64. The maximum Gasteiger partial charge on any atom is 0.341 e. The Balaban J connectivity index is 1.78. The highest BCUT2D eigenvalue weighted by atomic mass is 32.2. The van der Waals surface area contributed by atoms with Crippen LogP contribution in [0.5, 0.6) is 0 Å². The molecule has 8 nitrogen and oxygen atoms in total. The zero-order valence-electron chi connectivity index (χ0n) is 18.0. The zero-order valence-corrected chi connectivity index (χ0v) is 18.8. The van der Waals surface area contributed by atoms with E-state index >= 15 is 0 Å². The van der Waals surface area contributed by atoms with Crippen LogP contribution in [-0.2, 0) is 19.6 Å². The Morgan fingerprint density at radius 1 is 1.10 bits per heavy atom. The number of para-hydroxylation sites is 1. The minimum absolute atomic E-state index is 0.0532. The zero-order chi connectivity index (χ0) is 22.9. The molecule has 9 heteroatoms. The van der Waals surface area contributed by atoms with Gasteiger partial charge in [-0.15, -0.1) is 0 Å². The van der Waals surface area contributed by atoms with Crippen LogP contribution in [0, 0.1) is 13.8 Å². The van der Waals surface area contributed by atoms with Crippen LogP contribution in [0.4, 0.5) is 5.69 Å². The number of anilines is 1. The Bertz CT molecular complexity index is 1260. The number of carbonyl (C=O) groups excluding carboxylic acids is 2. The summed E-state index contributed by atoms with van der Waals surface area (Å²) in [7, 11) is -0.789. The lowest BCUT2D eigenvalue weighted by atomic mass is 10.1. The number of aryl methyl sites for hydroxylation is 2. The highest BCUT2D eigenvalue weighted by molar-refractivity contribution is 7.89. The highest BCUT2D eigenvalue weighted by Crippen LogP contribution is 2.24. The number of aromatic nitrogens is 1. The maximum absolute atomic E-state index is 12.7. The summed E-state index contributed by atoms with van der Waals surface area (Å²) in [4.78, 5) is 28.6. The van der Waals surface area contributed by atoms with Gasteiger partial charge in [-0.05, 0) is 44.5 Å². The number of hydrogen-bond acceptors (Lipinski definition) is 5. The number of carbonyl (C=O) groups is 2. The summed E-state index contributed by atoms with van der Waals surface area (Å²) < 4.78 is 31.2. The van der Waals surface area contributed by atoms with Gasteiger partial charge in [-0.25, -0.2) is 17.5 Å². The molecule has 2 aromatic carbocycles. The Morgan fingerprint density at radius 3 is 2.45 bits per heavy atom. The predicted octanol–water partition coefficient (Wildman–Crippen LogP) is 3.22. The van der Waals surface area contributed by atoms with Crippen molar-refractivity contribution in [2.45, 2.75) is 31.8 Å². The van der Waals surface area contributed by atoms with E-state index in [0.29, 0.717) is 22.5 Å². The molecule has 164 valence electrons. The van der Waals surface area contributed by atoms with Crippen LogP contribution >= 0.6 is 0 Å². The van der Waals surface area contributed by atoms with Crippen LogP contribution in [0.2, 0.25) is 0 Å². The summed E-state index contributed by atoms with van der Waals surface area (Å²) in [5.74, 6) is -1.17. The first kappa shape index (κ1) is 22.5. The van der Waals surface area contributed by atoms with Gasteiger partial charge in [0.2, 0.25) is 10.0 Å². The molecule has 0 saturated carbocycles. The lowest BCUT2D eigenvalue weighted by Crippen LogP contribution is -2.30. The molecule has 1 heterocycles. The minimum atomic E-state index is -3.65. The van der Waals surface area contributed by atoms with E-state index in [1.54, 1.807) is 26.0 Å². The van der Waals surface area contributed by atoms with Crippen molar-refractivity contribution in [3.05, 3.63) is 59.3 Å². The third-order valence-corrected chi connectivity index (χ3v) is 6.81. The Kier molecular flexibility index (Phi) is 6.19. The second-order valence-corrected chi connectivity index (χ2v) is 9.62. The fourth-order valence-electron chi connectivity index (χ4n) is 3.15. The molecular formula is C22H25N3O5S. The van der Waals surface area contributed by atoms with Gasteiger partial charge < -0.3 is 15.0 Å². The number of ether oxygens (including phenoxy) is 1. The average molecular weight is 444 g/mol. The van der Waals surface area contributed by atoms with Crippen LogP contribution < -0.4 is 5.32 Å². The molecule has 0 aliphatic carbocycles. The molecular weight excluding hydrogens is 418 g/mol. The molecule has 0 aliphatic rings. The summed E-state index contributed by atoms with van der Waals surface area (Å²) in [5.41, 5.74) is 2.84. The number of H-pyrrole nitrogens is 1. The van der Waals surface area contributed by atoms with Gasteiger partial charge in [-0.1, -0.05) is 24.3 Å². The Hall–Kier alpha value is -3.17. The number of amides is 1. The SMILES string of the molecule is Cc1ccc(S(=O)(=O)N(C)C)cc1NC(=O)[C@@H](C)OC(=O)c1c(C)[nH]c2ccccc12. The van der Waals surface area contributed by atoms with Crippen molar-refractivity contribution < 1.29 is 22.7 Å². The van der Waals surface area contributed by atoms with Crippen molar-refractivity contribution in [2.24, 2.45) is 0 Å². The number of nitrogens with zero attached hydrogens (tertiary/aromatic N) is 1. The van der Waals surface area contributed by atoms with Crippen molar-refractivity contribution in [3.8, 4) is 0 Å². The second-order valence-electron chi connectivity index (χ2n) is 7.47. The van der Waals surface area contributed by atoms with Crippen LogP contribution in [-0.4, -0.2) is 49.8 Å². The van der Waals surface area contributed by atoms with Gasteiger partial charge in [0.25, 0.3) is 5.91 Å². The summed E-state index contributed by atoms with van der Waals surface area (Å²) in [6.07, 6.45) is -1.09. The molecule has 0 radical (unpaired) electrons. The first-order valence-corrected chi connectivity index (χ1v) is 11.1. The van der Waals surface area contributed by atoms with E-state index in [1.807, 2.05) is 18.2 Å². The van der Waals surface area contributed by atoms with Crippen LogP contribution in [0.15, 0.2) is 47.4 Å². The number of sulfonamides is 1. The summed E-state index contributed by atoms with van der Waals surface area (Å²) in [6, 6.07) is 11.8. The topological polar surface area (TPSA) is 109 Å². The van der Waals surface area contributed by atoms with Crippen LogP contribution in [0.1, 0.15) is 28.5 Å². The first-order chi connectivity index (χ1) is 14.5. The molecule has 0 bridgehead atoms. The van der Waals surface area contributed by atoms with Gasteiger partial charge in [-0.3, -0.25) is 4.79 Å². The fourth-order valence-corrected chi connectivity index (χ4v) is 4.08. The molecule has 0 aliphatic heterocycles. The van der Waals surface area contributed by atoms with Crippen molar-refractivity contribution in [3.63, 3.8) is 0 Å². The summed E-state index contributed by atoms with van der Waals surface area (Å²) in [5, 5.41) is 3.37. The highest BCUT2D eigenvalue weighted by Gasteiger charge is 2.24. The average Bonchev–Trinajstić information content (AvgIpc) is 3.04. The summed E-state index contributed by atoms with van der Waals surface area (Å²) in [6.45, 7) is 4.97. The molecule has 31 heavy (non-hydrogen) atoms. The van der Waals surface area contributed by atoms with Gasteiger partial charge in [0.1, 0.15) is 0 Å². The van der Waals surface area contributed by atoms with E-state index in [-0.39, 0.29) is 4.90 Å². The lowest BCUT2D eigenvalue weighted by Gasteiger charge is -2.17. The quantitative estimate of drug-likeness (QED) is 0.569. The van der Waals surface area contributed by atoms with E-state index in [9.17, 15) is 18.0 Å². The van der Waals surface area contributed by atoms with E-state index in [0.717, 1.165) is 15.2 Å². The van der Waals surface area contributed by atoms with Gasteiger partial charge in [0.05, 0.1) is 10.5 Å².